The number of hydrogen-bond donors (Lipinski definition) is 1. The molecule has 1 N–H and O–H groups in total. The van der Waals surface area contributed by atoms with Gasteiger partial charge in [-0.25, -0.2) is 9.59 Å². The van der Waals surface area contributed by atoms with Crippen molar-refractivity contribution in [2.24, 2.45) is 0 Å². The van der Waals surface area contributed by atoms with E-state index in [9.17, 15) is 19.5 Å². The van der Waals surface area contributed by atoms with Crippen LogP contribution in [-0.4, -0.2) is 52.1 Å². The number of rotatable bonds is 4. The molecular weight excluding hydrogens is 326 g/mol. The number of carbonyl (C=O) groups excluding carboxylic acids is 2. The molecule has 1 aliphatic rings. The summed E-state index contributed by atoms with van der Waals surface area (Å²) in [6.45, 7) is 6.77. The van der Waals surface area contributed by atoms with E-state index in [1.165, 1.54) is 11.8 Å². The normalized spacial score (nSPS) is 20.2. The van der Waals surface area contributed by atoms with Crippen LogP contribution >= 0.6 is 0 Å². The highest BCUT2D eigenvalue weighted by atomic mass is 16.6. The highest BCUT2D eigenvalue weighted by Gasteiger charge is 2.42. The van der Waals surface area contributed by atoms with E-state index in [1.807, 2.05) is 0 Å². The summed E-state index contributed by atoms with van der Waals surface area (Å²) < 4.78 is 11.1. The van der Waals surface area contributed by atoms with Crippen molar-refractivity contribution in [1.29, 1.82) is 0 Å². The van der Waals surface area contributed by atoms with Crippen LogP contribution in [-0.2, 0) is 9.53 Å². The van der Waals surface area contributed by atoms with E-state index in [0.717, 1.165) is 0 Å². The van der Waals surface area contributed by atoms with E-state index < -0.39 is 29.8 Å². The zero-order valence-corrected chi connectivity index (χ0v) is 14.8. The van der Waals surface area contributed by atoms with E-state index in [-0.39, 0.29) is 18.7 Å². The fraction of sp³-hybridized carbons (Fsp3) is 0.500. The van der Waals surface area contributed by atoms with Gasteiger partial charge in [0.25, 0.3) is 0 Å². The minimum absolute atomic E-state index is 0.0468. The summed E-state index contributed by atoms with van der Waals surface area (Å²) in [6.07, 6.45) is -0.960. The number of carbonyl (C=O) groups is 3. The molecule has 0 unspecified atom stereocenters. The Labute approximate surface area is 146 Å². The molecule has 1 aromatic rings. The Morgan fingerprint density at radius 3 is 2.24 bits per heavy atom. The topological polar surface area (TPSA) is 93.1 Å². The van der Waals surface area contributed by atoms with Gasteiger partial charge >= 0.3 is 12.1 Å². The average molecular weight is 349 g/mol. The number of carboxylic acids is 1. The van der Waals surface area contributed by atoms with Gasteiger partial charge < -0.3 is 14.6 Å². The summed E-state index contributed by atoms with van der Waals surface area (Å²) >= 11 is 0. The standard InChI is InChI=1S/C18H23NO6/c1-11(20)12-5-7-13(8-6-12)24-14-9-15(16(21)22)19(10-14)17(23)25-18(2,3)4/h5-8,14-15H,9-10H2,1-4H3,(H,21,22)/t14-,15-/m1/s1. The number of ether oxygens (including phenoxy) is 2. The minimum atomic E-state index is -1.09. The Hall–Kier alpha value is -2.57. The molecule has 7 nitrogen and oxygen atoms in total. The number of amides is 1. The third-order valence-corrected chi connectivity index (χ3v) is 3.74. The van der Waals surface area contributed by atoms with Gasteiger partial charge in [0.2, 0.25) is 0 Å². The van der Waals surface area contributed by atoms with Crippen LogP contribution in [0.5, 0.6) is 5.75 Å². The van der Waals surface area contributed by atoms with Gasteiger partial charge in [-0.2, -0.15) is 0 Å². The fourth-order valence-corrected chi connectivity index (χ4v) is 2.60. The van der Waals surface area contributed by atoms with E-state index in [2.05, 4.69) is 0 Å². The van der Waals surface area contributed by atoms with E-state index in [0.29, 0.717) is 11.3 Å². The first kappa shape index (κ1) is 18.8. The van der Waals surface area contributed by atoms with Crippen molar-refractivity contribution in [3.63, 3.8) is 0 Å². The van der Waals surface area contributed by atoms with E-state index >= 15 is 0 Å². The average Bonchev–Trinajstić information content (AvgIpc) is 2.90. The Morgan fingerprint density at radius 1 is 1.16 bits per heavy atom. The van der Waals surface area contributed by atoms with Crippen molar-refractivity contribution in [2.75, 3.05) is 6.54 Å². The van der Waals surface area contributed by atoms with Crippen LogP contribution in [0.3, 0.4) is 0 Å². The van der Waals surface area contributed by atoms with Gasteiger partial charge in [0.15, 0.2) is 5.78 Å². The number of hydrogen-bond acceptors (Lipinski definition) is 5. The minimum Gasteiger partial charge on any atom is -0.488 e. The lowest BCUT2D eigenvalue weighted by Crippen LogP contribution is -2.43. The lowest BCUT2D eigenvalue weighted by Gasteiger charge is -2.26. The first-order valence-corrected chi connectivity index (χ1v) is 8.07. The van der Waals surface area contributed by atoms with Crippen LogP contribution < -0.4 is 4.74 Å². The van der Waals surface area contributed by atoms with E-state index in [4.69, 9.17) is 9.47 Å². The number of aliphatic carboxylic acids is 1. The molecule has 0 spiro atoms. The van der Waals surface area contributed by atoms with Crippen LogP contribution in [0.2, 0.25) is 0 Å². The molecule has 25 heavy (non-hydrogen) atoms. The maximum absolute atomic E-state index is 12.2. The van der Waals surface area contributed by atoms with Gasteiger partial charge in [0.1, 0.15) is 23.5 Å². The molecule has 7 heteroatoms. The Bertz CT molecular complexity index is 661. The zero-order chi connectivity index (χ0) is 18.8. The van der Waals surface area contributed by atoms with Crippen molar-refractivity contribution in [3.05, 3.63) is 29.8 Å². The number of nitrogens with zero attached hydrogens (tertiary/aromatic N) is 1. The molecule has 1 aromatic carbocycles. The van der Waals surface area contributed by atoms with E-state index in [1.54, 1.807) is 45.0 Å². The van der Waals surface area contributed by atoms with Crippen molar-refractivity contribution in [3.8, 4) is 5.75 Å². The van der Waals surface area contributed by atoms with Crippen LogP contribution in [0.15, 0.2) is 24.3 Å². The molecule has 2 rings (SSSR count). The number of ketones is 1. The fourth-order valence-electron chi connectivity index (χ4n) is 2.60. The maximum Gasteiger partial charge on any atom is 0.411 e. The number of carboxylic acid groups (broad SMARTS) is 1. The second kappa shape index (κ2) is 7.13. The molecule has 136 valence electrons. The monoisotopic (exact) mass is 349 g/mol. The smallest absolute Gasteiger partial charge is 0.411 e. The summed E-state index contributed by atoms with van der Waals surface area (Å²) in [7, 11) is 0. The van der Waals surface area contributed by atoms with Gasteiger partial charge in [-0.15, -0.1) is 0 Å². The molecule has 1 amide bonds. The first-order chi connectivity index (χ1) is 11.6. The van der Waals surface area contributed by atoms with Crippen molar-refractivity contribution >= 4 is 17.8 Å². The van der Waals surface area contributed by atoms with Crippen LogP contribution in [0.25, 0.3) is 0 Å². The van der Waals surface area contributed by atoms with Gasteiger partial charge in [0.05, 0.1) is 6.54 Å². The second-order valence-electron chi connectivity index (χ2n) is 7.04. The van der Waals surface area contributed by atoms with Gasteiger partial charge in [-0.05, 0) is 52.0 Å². The number of Topliss-reactive ketones (excluding diaryl/α,β-unsaturated/α-hetero) is 1. The second-order valence-corrected chi connectivity index (χ2v) is 7.04. The molecule has 0 bridgehead atoms. The highest BCUT2D eigenvalue weighted by Crippen LogP contribution is 2.25. The molecule has 1 heterocycles. The zero-order valence-electron chi connectivity index (χ0n) is 14.8. The van der Waals surface area contributed by atoms with Crippen molar-refractivity contribution in [2.45, 2.75) is 51.9 Å². The summed E-state index contributed by atoms with van der Waals surface area (Å²) in [5.41, 5.74) is -0.140. The summed E-state index contributed by atoms with van der Waals surface area (Å²) in [5, 5.41) is 9.37. The highest BCUT2D eigenvalue weighted by molar-refractivity contribution is 5.94. The molecular formula is C18H23NO6. The van der Waals surface area contributed by atoms with Crippen LogP contribution in [0, 0.1) is 0 Å². The quantitative estimate of drug-likeness (QED) is 0.840. The molecule has 0 aromatic heterocycles. The molecule has 2 atom stereocenters. The molecule has 1 saturated heterocycles. The van der Waals surface area contributed by atoms with Gasteiger partial charge in [-0.3, -0.25) is 9.69 Å². The largest absolute Gasteiger partial charge is 0.488 e. The predicted octanol–water partition coefficient (Wildman–Crippen LogP) is 2.73. The molecule has 1 aliphatic heterocycles. The molecule has 0 radical (unpaired) electrons. The maximum atomic E-state index is 12.2. The summed E-state index contributed by atoms with van der Waals surface area (Å²) in [6, 6.07) is 5.61. The van der Waals surface area contributed by atoms with Gasteiger partial charge in [-0.1, -0.05) is 0 Å². The van der Waals surface area contributed by atoms with Crippen LogP contribution in [0.4, 0.5) is 4.79 Å². The number of benzene rings is 1. The third-order valence-electron chi connectivity index (χ3n) is 3.74. The summed E-state index contributed by atoms with van der Waals surface area (Å²) in [5.74, 6) is -0.622. The lowest BCUT2D eigenvalue weighted by atomic mass is 10.1. The summed E-state index contributed by atoms with van der Waals surface area (Å²) in [4.78, 5) is 36.2. The lowest BCUT2D eigenvalue weighted by molar-refractivity contribution is -0.142. The SMILES string of the molecule is CC(=O)c1ccc(O[C@@H]2C[C@H](C(=O)O)N(C(=O)OC(C)(C)C)C2)cc1. The Kier molecular flexibility index (Phi) is 5.35. The van der Waals surface area contributed by atoms with Crippen molar-refractivity contribution in [1.82, 2.24) is 4.90 Å². The Balaban J connectivity index is 2.07. The van der Waals surface area contributed by atoms with Crippen LogP contribution in [0.1, 0.15) is 44.5 Å². The molecule has 1 fully saturated rings. The number of likely N-dealkylation sites (tertiary alicyclic amines) is 1. The predicted molar refractivity (Wildman–Crippen MR) is 89.8 cm³/mol. The third kappa shape index (κ3) is 4.95. The van der Waals surface area contributed by atoms with Gasteiger partial charge in [0, 0.05) is 12.0 Å². The molecule has 0 saturated carbocycles. The first-order valence-electron chi connectivity index (χ1n) is 8.07. The molecule has 0 aliphatic carbocycles. The Morgan fingerprint density at radius 2 is 1.76 bits per heavy atom. The van der Waals surface area contributed by atoms with Crippen molar-refractivity contribution < 1.29 is 29.0 Å².